The van der Waals surface area contributed by atoms with Gasteiger partial charge in [-0.25, -0.2) is 28.0 Å². The number of ether oxygens (including phenoxy) is 2. The molecule has 3 rings (SSSR count). The maximum atomic E-state index is 13.5. The quantitative estimate of drug-likeness (QED) is 0.577. The number of aromatic nitrogens is 2. The van der Waals surface area contributed by atoms with Crippen molar-refractivity contribution in [3.8, 4) is 0 Å². The highest BCUT2D eigenvalue weighted by Gasteiger charge is 2.33. The minimum Gasteiger partial charge on any atom is -0.465 e. The van der Waals surface area contributed by atoms with Gasteiger partial charge in [-0.05, 0) is 25.1 Å². The van der Waals surface area contributed by atoms with Gasteiger partial charge in [-0.15, -0.1) is 0 Å². The molecule has 1 aliphatic heterocycles. The Morgan fingerprint density at radius 3 is 2.18 bits per heavy atom. The molecule has 0 amide bonds. The van der Waals surface area contributed by atoms with Gasteiger partial charge in [0.2, 0.25) is 10.0 Å². The summed E-state index contributed by atoms with van der Waals surface area (Å²) in [6, 6.07) is 5.63. The van der Waals surface area contributed by atoms with E-state index in [-0.39, 0.29) is 35.0 Å². The van der Waals surface area contributed by atoms with Crippen molar-refractivity contribution in [3.05, 3.63) is 46.9 Å². The van der Waals surface area contributed by atoms with Crippen LogP contribution in [0.5, 0.6) is 0 Å². The summed E-state index contributed by atoms with van der Waals surface area (Å²) >= 11 is 0. The SMILES string of the molecule is COC(=O)c1ccc(C(=O)OC)c(S(=O)(=O)N2CCN(c3cc(C)nc(C(C)C)n3)CC2)c1. The number of hydrogen-bond donors (Lipinski definition) is 0. The predicted octanol–water partition coefficient (Wildman–Crippen LogP) is 1.99. The first-order valence-electron chi connectivity index (χ1n) is 10.5. The van der Waals surface area contributed by atoms with Gasteiger partial charge in [0.25, 0.3) is 0 Å². The molecule has 178 valence electrons. The van der Waals surface area contributed by atoms with E-state index in [1.165, 1.54) is 30.7 Å². The van der Waals surface area contributed by atoms with Gasteiger partial charge in [0.1, 0.15) is 11.6 Å². The molecular formula is C22H28N4O6S. The molecule has 1 aromatic carbocycles. The Morgan fingerprint density at radius 1 is 0.970 bits per heavy atom. The second kappa shape index (κ2) is 9.84. The first-order valence-corrected chi connectivity index (χ1v) is 11.9. The highest BCUT2D eigenvalue weighted by molar-refractivity contribution is 7.89. The molecule has 1 aromatic heterocycles. The van der Waals surface area contributed by atoms with Crippen molar-refractivity contribution < 1.29 is 27.5 Å². The highest BCUT2D eigenvalue weighted by Crippen LogP contribution is 2.26. The van der Waals surface area contributed by atoms with E-state index >= 15 is 0 Å². The Bertz CT molecular complexity index is 1160. The fraction of sp³-hybridized carbons (Fsp3) is 0.455. The van der Waals surface area contributed by atoms with Gasteiger partial charge in [0.15, 0.2) is 0 Å². The average Bonchev–Trinajstić information content (AvgIpc) is 2.82. The minimum atomic E-state index is -4.08. The van der Waals surface area contributed by atoms with E-state index in [0.717, 1.165) is 23.4 Å². The summed E-state index contributed by atoms with van der Waals surface area (Å²) in [7, 11) is -1.72. The predicted molar refractivity (Wildman–Crippen MR) is 121 cm³/mol. The Hall–Kier alpha value is -3.05. The Labute approximate surface area is 193 Å². The lowest BCUT2D eigenvalue weighted by molar-refractivity contribution is 0.0583. The molecule has 0 N–H and O–H groups in total. The second-order valence-corrected chi connectivity index (χ2v) is 9.87. The van der Waals surface area contributed by atoms with Crippen LogP contribution in [-0.2, 0) is 19.5 Å². The van der Waals surface area contributed by atoms with Crippen molar-refractivity contribution in [2.24, 2.45) is 0 Å². The molecular weight excluding hydrogens is 448 g/mol. The molecule has 0 radical (unpaired) electrons. The lowest BCUT2D eigenvalue weighted by Gasteiger charge is -2.35. The van der Waals surface area contributed by atoms with Crippen LogP contribution in [0, 0.1) is 6.92 Å². The van der Waals surface area contributed by atoms with Crippen LogP contribution >= 0.6 is 0 Å². The summed E-state index contributed by atoms with van der Waals surface area (Å²) in [5, 5.41) is 0. The second-order valence-electron chi connectivity index (χ2n) is 7.97. The zero-order chi connectivity index (χ0) is 24.3. The van der Waals surface area contributed by atoms with E-state index in [1.54, 1.807) is 0 Å². The summed E-state index contributed by atoms with van der Waals surface area (Å²) in [6.45, 7) is 7.14. The van der Waals surface area contributed by atoms with Gasteiger partial charge in [-0.2, -0.15) is 4.31 Å². The maximum Gasteiger partial charge on any atom is 0.339 e. The summed E-state index contributed by atoms with van der Waals surface area (Å²) in [4.78, 5) is 35.0. The average molecular weight is 477 g/mol. The van der Waals surface area contributed by atoms with Crippen molar-refractivity contribution in [2.75, 3.05) is 45.3 Å². The molecule has 0 saturated carbocycles. The van der Waals surface area contributed by atoms with Gasteiger partial charge in [-0.1, -0.05) is 13.8 Å². The Kier molecular flexibility index (Phi) is 7.33. The van der Waals surface area contributed by atoms with E-state index in [2.05, 4.69) is 9.97 Å². The van der Waals surface area contributed by atoms with Crippen LogP contribution < -0.4 is 4.90 Å². The Balaban J connectivity index is 1.88. The molecule has 2 heterocycles. The maximum absolute atomic E-state index is 13.5. The Morgan fingerprint density at radius 2 is 1.61 bits per heavy atom. The fourth-order valence-corrected chi connectivity index (χ4v) is 5.18. The third-order valence-corrected chi connectivity index (χ3v) is 7.30. The summed E-state index contributed by atoms with van der Waals surface area (Å²) in [6.07, 6.45) is 0. The van der Waals surface area contributed by atoms with Crippen LogP contribution in [0.1, 0.15) is 52.0 Å². The fourth-order valence-electron chi connectivity index (χ4n) is 3.55. The lowest BCUT2D eigenvalue weighted by atomic mass is 10.1. The number of benzene rings is 1. The molecule has 0 atom stereocenters. The van der Waals surface area contributed by atoms with Gasteiger partial charge in [-0.3, -0.25) is 0 Å². The lowest BCUT2D eigenvalue weighted by Crippen LogP contribution is -2.49. The normalized spacial score (nSPS) is 14.9. The molecule has 0 unspecified atom stereocenters. The molecule has 1 fully saturated rings. The third kappa shape index (κ3) is 5.14. The molecule has 0 spiro atoms. The number of methoxy groups -OCH3 is 2. The summed E-state index contributed by atoms with van der Waals surface area (Å²) in [5.41, 5.74) is 0.738. The number of carbonyl (C=O) groups is 2. The van der Waals surface area contributed by atoms with E-state index in [1.807, 2.05) is 31.7 Å². The van der Waals surface area contributed by atoms with Gasteiger partial charge >= 0.3 is 11.9 Å². The van der Waals surface area contributed by atoms with Crippen molar-refractivity contribution >= 4 is 27.8 Å². The van der Waals surface area contributed by atoms with Gasteiger partial charge in [0, 0.05) is 43.9 Å². The molecule has 33 heavy (non-hydrogen) atoms. The number of carbonyl (C=O) groups excluding carboxylic acids is 2. The number of anilines is 1. The molecule has 1 saturated heterocycles. The summed E-state index contributed by atoms with van der Waals surface area (Å²) < 4.78 is 37.6. The van der Waals surface area contributed by atoms with Crippen molar-refractivity contribution in [1.29, 1.82) is 0 Å². The topological polar surface area (TPSA) is 119 Å². The zero-order valence-corrected chi connectivity index (χ0v) is 20.2. The number of esters is 2. The van der Waals surface area contributed by atoms with Crippen molar-refractivity contribution in [3.63, 3.8) is 0 Å². The third-order valence-electron chi connectivity index (χ3n) is 5.36. The minimum absolute atomic E-state index is 0.0278. The molecule has 1 aliphatic rings. The number of hydrogen-bond acceptors (Lipinski definition) is 9. The van der Waals surface area contributed by atoms with Crippen LogP contribution in [-0.4, -0.2) is 75.0 Å². The molecule has 0 aliphatic carbocycles. The first kappa shape index (κ1) is 24.6. The van der Waals surface area contributed by atoms with Crippen LogP contribution in [0.4, 0.5) is 5.82 Å². The first-order chi connectivity index (χ1) is 15.6. The van der Waals surface area contributed by atoms with Crippen LogP contribution in [0.25, 0.3) is 0 Å². The monoisotopic (exact) mass is 476 g/mol. The number of nitrogens with zero attached hydrogens (tertiary/aromatic N) is 4. The molecule has 0 bridgehead atoms. The molecule has 10 nitrogen and oxygen atoms in total. The van der Waals surface area contributed by atoms with Crippen molar-refractivity contribution in [1.82, 2.24) is 14.3 Å². The van der Waals surface area contributed by atoms with Gasteiger partial charge < -0.3 is 14.4 Å². The summed E-state index contributed by atoms with van der Waals surface area (Å²) in [5.74, 6) is 0.159. The van der Waals surface area contributed by atoms with Crippen LogP contribution in [0.15, 0.2) is 29.2 Å². The van der Waals surface area contributed by atoms with Crippen LogP contribution in [0.3, 0.4) is 0 Å². The van der Waals surface area contributed by atoms with E-state index in [4.69, 9.17) is 9.47 Å². The number of piperazine rings is 1. The van der Waals surface area contributed by atoms with E-state index in [9.17, 15) is 18.0 Å². The largest absolute Gasteiger partial charge is 0.465 e. The van der Waals surface area contributed by atoms with E-state index in [0.29, 0.717) is 13.1 Å². The smallest absolute Gasteiger partial charge is 0.339 e. The number of sulfonamides is 1. The van der Waals surface area contributed by atoms with E-state index < -0.39 is 22.0 Å². The van der Waals surface area contributed by atoms with Gasteiger partial charge in [0.05, 0.1) is 30.2 Å². The number of aryl methyl sites for hydroxylation is 1. The highest BCUT2D eigenvalue weighted by atomic mass is 32.2. The number of rotatable bonds is 6. The standard InChI is InChI=1S/C22H28N4O6S/c1-14(2)20-23-15(3)12-19(24-20)25-8-10-26(11-9-25)33(29,30)18-13-16(21(27)31-4)6-7-17(18)22(28)32-5/h6-7,12-14H,8-11H2,1-5H3. The van der Waals surface area contributed by atoms with Crippen molar-refractivity contribution in [2.45, 2.75) is 31.6 Å². The zero-order valence-electron chi connectivity index (χ0n) is 19.4. The molecule has 2 aromatic rings. The van der Waals surface area contributed by atoms with Crippen LogP contribution in [0.2, 0.25) is 0 Å². The molecule has 11 heteroatoms.